The highest BCUT2D eigenvalue weighted by molar-refractivity contribution is 5.76. The molecule has 3 N–H and O–H groups in total. The molecule has 0 saturated carbocycles. The Morgan fingerprint density at radius 3 is 2.67 bits per heavy atom. The molecule has 0 aliphatic heterocycles. The molecule has 1 amide bonds. The zero-order valence-electron chi connectivity index (χ0n) is 13.4. The molecule has 0 aromatic heterocycles. The number of para-hydroxylation sites is 1. The molecule has 1 unspecified atom stereocenters. The van der Waals surface area contributed by atoms with Gasteiger partial charge in [-0.1, -0.05) is 32.0 Å². The topological polar surface area (TPSA) is 64.3 Å². The Labute approximate surface area is 128 Å². The Morgan fingerprint density at radius 1 is 1.33 bits per heavy atom. The van der Waals surface area contributed by atoms with E-state index >= 15 is 0 Å². The van der Waals surface area contributed by atoms with Gasteiger partial charge in [0.1, 0.15) is 5.75 Å². The van der Waals surface area contributed by atoms with Gasteiger partial charge in [-0.05, 0) is 38.3 Å². The Balaban J connectivity index is 2.88. The SMILES string of the molecule is CCOc1ccccc1C(CC(C)C)NC(=O)CCCN. The van der Waals surface area contributed by atoms with Gasteiger partial charge in [0.2, 0.25) is 5.91 Å². The Morgan fingerprint density at radius 2 is 2.05 bits per heavy atom. The first-order valence-electron chi connectivity index (χ1n) is 7.79. The number of benzene rings is 1. The van der Waals surface area contributed by atoms with Gasteiger partial charge >= 0.3 is 0 Å². The van der Waals surface area contributed by atoms with Gasteiger partial charge in [0.05, 0.1) is 12.6 Å². The summed E-state index contributed by atoms with van der Waals surface area (Å²) >= 11 is 0. The third kappa shape index (κ3) is 6.17. The summed E-state index contributed by atoms with van der Waals surface area (Å²) in [6, 6.07) is 7.91. The van der Waals surface area contributed by atoms with Crippen LogP contribution in [0.25, 0.3) is 0 Å². The van der Waals surface area contributed by atoms with Crippen molar-refractivity contribution in [2.45, 2.75) is 46.1 Å². The summed E-state index contributed by atoms with van der Waals surface area (Å²) in [6.45, 7) is 7.43. The number of carbonyl (C=O) groups is 1. The second kappa shape index (κ2) is 9.40. The predicted octanol–water partition coefficient (Wildman–Crippen LogP) is 3.03. The standard InChI is InChI=1S/C17H28N2O2/c1-4-21-16-9-6-5-8-14(16)15(12-13(2)3)19-17(20)10-7-11-18/h5-6,8-9,13,15H,4,7,10-12,18H2,1-3H3,(H,19,20). The number of amides is 1. The average Bonchev–Trinajstić information content (AvgIpc) is 2.45. The molecule has 0 heterocycles. The molecule has 0 bridgehead atoms. The molecule has 4 heteroatoms. The van der Waals surface area contributed by atoms with Crippen LogP contribution < -0.4 is 15.8 Å². The smallest absolute Gasteiger partial charge is 0.220 e. The van der Waals surface area contributed by atoms with E-state index in [2.05, 4.69) is 19.2 Å². The van der Waals surface area contributed by atoms with E-state index in [1.165, 1.54) is 0 Å². The predicted molar refractivity (Wildman–Crippen MR) is 86.2 cm³/mol. The van der Waals surface area contributed by atoms with Crippen LogP contribution in [0.3, 0.4) is 0 Å². The van der Waals surface area contributed by atoms with E-state index in [0.717, 1.165) is 17.7 Å². The maximum atomic E-state index is 12.0. The van der Waals surface area contributed by atoms with Gasteiger partial charge in [0, 0.05) is 12.0 Å². The molecule has 4 nitrogen and oxygen atoms in total. The fourth-order valence-electron chi connectivity index (χ4n) is 2.32. The van der Waals surface area contributed by atoms with Crippen LogP contribution in [-0.2, 0) is 4.79 Å². The highest BCUT2D eigenvalue weighted by Gasteiger charge is 2.19. The Bertz CT molecular complexity index is 433. The molecule has 0 spiro atoms. The van der Waals surface area contributed by atoms with Gasteiger partial charge in [-0.15, -0.1) is 0 Å². The van der Waals surface area contributed by atoms with Crippen LogP contribution in [-0.4, -0.2) is 19.1 Å². The number of rotatable bonds is 9. The third-order valence-corrected chi connectivity index (χ3v) is 3.24. The van der Waals surface area contributed by atoms with E-state index in [1.807, 2.05) is 31.2 Å². The molecular weight excluding hydrogens is 264 g/mol. The van der Waals surface area contributed by atoms with E-state index in [0.29, 0.717) is 31.9 Å². The van der Waals surface area contributed by atoms with Crippen molar-refractivity contribution >= 4 is 5.91 Å². The van der Waals surface area contributed by atoms with Gasteiger partial charge in [-0.25, -0.2) is 0 Å². The van der Waals surface area contributed by atoms with Gasteiger partial charge in [0.15, 0.2) is 0 Å². The van der Waals surface area contributed by atoms with Crippen molar-refractivity contribution in [1.29, 1.82) is 0 Å². The van der Waals surface area contributed by atoms with E-state index in [-0.39, 0.29) is 11.9 Å². The summed E-state index contributed by atoms with van der Waals surface area (Å²) in [4.78, 5) is 12.0. The average molecular weight is 292 g/mol. The summed E-state index contributed by atoms with van der Waals surface area (Å²) in [7, 11) is 0. The van der Waals surface area contributed by atoms with Crippen LogP contribution >= 0.6 is 0 Å². The number of nitrogens with two attached hydrogens (primary N) is 1. The molecule has 1 rings (SSSR count). The number of hydrogen-bond acceptors (Lipinski definition) is 3. The molecule has 0 aliphatic rings. The first-order valence-corrected chi connectivity index (χ1v) is 7.79. The molecule has 0 fully saturated rings. The summed E-state index contributed by atoms with van der Waals surface area (Å²) < 4.78 is 5.69. The minimum absolute atomic E-state index is 0.0157. The van der Waals surface area contributed by atoms with Crippen molar-refractivity contribution in [2.24, 2.45) is 11.7 Å². The quantitative estimate of drug-likeness (QED) is 0.735. The van der Waals surface area contributed by atoms with Crippen molar-refractivity contribution < 1.29 is 9.53 Å². The zero-order chi connectivity index (χ0) is 15.7. The Hall–Kier alpha value is -1.55. The van der Waals surface area contributed by atoms with Crippen molar-refractivity contribution in [2.75, 3.05) is 13.2 Å². The number of hydrogen-bond donors (Lipinski definition) is 2. The highest BCUT2D eigenvalue weighted by Crippen LogP contribution is 2.29. The van der Waals surface area contributed by atoms with Crippen LogP contribution in [0.15, 0.2) is 24.3 Å². The van der Waals surface area contributed by atoms with E-state index < -0.39 is 0 Å². The minimum Gasteiger partial charge on any atom is -0.494 e. The van der Waals surface area contributed by atoms with Crippen LogP contribution in [0.4, 0.5) is 0 Å². The van der Waals surface area contributed by atoms with E-state index in [4.69, 9.17) is 10.5 Å². The fraction of sp³-hybridized carbons (Fsp3) is 0.588. The van der Waals surface area contributed by atoms with Crippen LogP contribution in [0, 0.1) is 5.92 Å². The van der Waals surface area contributed by atoms with Gasteiger partial charge in [0.25, 0.3) is 0 Å². The number of ether oxygens (including phenoxy) is 1. The summed E-state index contributed by atoms with van der Waals surface area (Å²) in [5.41, 5.74) is 6.51. The highest BCUT2D eigenvalue weighted by atomic mass is 16.5. The van der Waals surface area contributed by atoms with Gasteiger partial charge < -0.3 is 15.8 Å². The molecule has 0 saturated heterocycles. The van der Waals surface area contributed by atoms with Crippen LogP contribution in [0.1, 0.15) is 51.6 Å². The van der Waals surface area contributed by atoms with Crippen molar-refractivity contribution in [3.05, 3.63) is 29.8 Å². The van der Waals surface area contributed by atoms with Gasteiger partial charge in [-0.3, -0.25) is 4.79 Å². The molecule has 0 aliphatic carbocycles. The summed E-state index contributed by atoms with van der Waals surface area (Å²) in [5, 5.41) is 3.12. The van der Waals surface area contributed by atoms with E-state index in [1.54, 1.807) is 0 Å². The van der Waals surface area contributed by atoms with Crippen molar-refractivity contribution in [3.8, 4) is 5.75 Å². The molecule has 1 aromatic carbocycles. The fourth-order valence-corrected chi connectivity index (χ4v) is 2.32. The number of carbonyl (C=O) groups excluding carboxylic acids is 1. The van der Waals surface area contributed by atoms with Crippen molar-refractivity contribution in [1.82, 2.24) is 5.32 Å². The molecule has 21 heavy (non-hydrogen) atoms. The molecule has 118 valence electrons. The minimum atomic E-state index is -0.0157. The lowest BCUT2D eigenvalue weighted by Gasteiger charge is -2.23. The summed E-state index contributed by atoms with van der Waals surface area (Å²) in [6.07, 6.45) is 2.08. The lowest BCUT2D eigenvalue weighted by Crippen LogP contribution is -2.30. The Kier molecular flexibility index (Phi) is 7.83. The molecule has 0 radical (unpaired) electrons. The summed E-state index contributed by atoms with van der Waals surface area (Å²) in [5.74, 6) is 1.39. The zero-order valence-corrected chi connectivity index (χ0v) is 13.4. The lowest BCUT2D eigenvalue weighted by molar-refractivity contribution is -0.122. The van der Waals surface area contributed by atoms with Crippen LogP contribution in [0.2, 0.25) is 0 Å². The maximum absolute atomic E-state index is 12.0. The van der Waals surface area contributed by atoms with E-state index in [9.17, 15) is 4.79 Å². The normalized spacial score (nSPS) is 12.2. The largest absolute Gasteiger partial charge is 0.494 e. The van der Waals surface area contributed by atoms with Gasteiger partial charge in [-0.2, -0.15) is 0 Å². The first kappa shape index (κ1) is 17.5. The second-order valence-electron chi connectivity index (χ2n) is 5.61. The monoisotopic (exact) mass is 292 g/mol. The third-order valence-electron chi connectivity index (χ3n) is 3.24. The van der Waals surface area contributed by atoms with Crippen LogP contribution in [0.5, 0.6) is 5.75 Å². The maximum Gasteiger partial charge on any atom is 0.220 e. The number of nitrogens with one attached hydrogen (secondary N) is 1. The van der Waals surface area contributed by atoms with Crippen molar-refractivity contribution in [3.63, 3.8) is 0 Å². The molecular formula is C17H28N2O2. The first-order chi connectivity index (χ1) is 10.1. The second-order valence-corrected chi connectivity index (χ2v) is 5.61. The lowest BCUT2D eigenvalue weighted by atomic mass is 9.96. The molecule has 1 aromatic rings. The molecule has 1 atom stereocenters.